The first-order chi connectivity index (χ1) is 16.2. The SMILES string of the molecule is CC(C)(C)[Si](C)(C)OC[C@@H](O[Si](C)(C)C(C)(C)C)[C@H](O[Si](C)(C)C(C)(C)C)c1ccc(F)c([N+](=O)[O-])c1. The Kier molecular flexibility index (Phi) is 10.4. The molecule has 37 heavy (non-hydrogen) atoms. The lowest BCUT2D eigenvalue weighted by Gasteiger charge is -2.46. The number of halogens is 1. The zero-order valence-corrected chi connectivity index (χ0v) is 29.0. The average Bonchev–Trinajstić information content (AvgIpc) is 2.67. The minimum atomic E-state index is -2.38. The van der Waals surface area contributed by atoms with Gasteiger partial charge in [0, 0.05) is 6.07 Å². The molecule has 2 atom stereocenters. The molecular formula is C27H52FNO5Si3. The first kappa shape index (κ1) is 34.1. The first-order valence-corrected chi connectivity index (χ1v) is 21.9. The monoisotopic (exact) mass is 573 g/mol. The summed E-state index contributed by atoms with van der Waals surface area (Å²) in [6, 6.07) is 4.06. The third-order valence-corrected chi connectivity index (χ3v) is 22.2. The maximum absolute atomic E-state index is 14.4. The summed E-state index contributed by atoms with van der Waals surface area (Å²) in [5.41, 5.74) is -0.0156. The molecule has 1 rings (SSSR count). The highest BCUT2D eigenvalue weighted by Crippen LogP contribution is 2.45. The summed E-state index contributed by atoms with van der Waals surface area (Å²) in [7, 11) is -6.83. The van der Waals surface area contributed by atoms with Crippen LogP contribution in [0.25, 0.3) is 0 Å². The molecule has 0 heterocycles. The minimum absolute atomic E-state index is 0.00102. The van der Waals surface area contributed by atoms with Gasteiger partial charge in [0.2, 0.25) is 5.82 Å². The van der Waals surface area contributed by atoms with Gasteiger partial charge >= 0.3 is 5.69 Å². The van der Waals surface area contributed by atoms with Crippen LogP contribution in [0, 0.1) is 15.9 Å². The van der Waals surface area contributed by atoms with Gasteiger partial charge in [-0.2, -0.15) is 4.39 Å². The lowest BCUT2D eigenvalue weighted by Crippen LogP contribution is -2.52. The molecule has 0 fully saturated rings. The van der Waals surface area contributed by atoms with Crippen molar-refractivity contribution >= 4 is 30.6 Å². The van der Waals surface area contributed by atoms with Gasteiger partial charge in [0.25, 0.3) is 0 Å². The summed E-state index contributed by atoms with van der Waals surface area (Å²) in [5, 5.41) is 11.4. The fraction of sp³-hybridized carbons (Fsp3) is 0.778. The maximum atomic E-state index is 14.4. The molecule has 1 aromatic rings. The van der Waals surface area contributed by atoms with Gasteiger partial charge in [-0.05, 0) is 66.0 Å². The lowest BCUT2D eigenvalue weighted by atomic mass is 10.0. The van der Waals surface area contributed by atoms with Gasteiger partial charge in [-0.3, -0.25) is 10.1 Å². The largest absolute Gasteiger partial charge is 0.414 e. The molecule has 10 heteroatoms. The van der Waals surface area contributed by atoms with Crippen LogP contribution in [0.1, 0.15) is 74.0 Å². The van der Waals surface area contributed by atoms with Crippen molar-refractivity contribution in [1.82, 2.24) is 0 Å². The summed E-state index contributed by atoms with van der Waals surface area (Å²) >= 11 is 0. The fourth-order valence-corrected chi connectivity index (χ4v) is 6.54. The van der Waals surface area contributed by atoms with Gasteiger partial charge in [-0.15, -0.1) is 0 Å². The van der Waals surface area contributed by atoms with E-state index < -0.39 is 53.6 Å². The Labute approximate surface area is 228 Å². The normalized spacial score (nSPS) is 16.0. The van der Waals surface area contributed by atoms with E-state index in [1.54, 1.807) is 6.07 Å². The van der Waals surface area contributed by atoms with E-state index in [9.17, 15) is 14.5 Å². The van der Waals surface area contributed by atoms with E-state index in [1.807, 2.05) is 0 Å². The summed E-state index contributed by atoms with van der Waals surface area (Å²) in [6.07, 6.45) is -1.15. The second kappa shape index (κ2) is 11.3. The predicted molar refractivity (Wildman–Crippen MR) is 159 cm³/mol. The number of nitro groups is 1. The van der Waals surface area contributed by atoms with Gasteiger partial charge < -0.3 is 13.3 Å². The fourth-order valence-electron chi connectivity index (χ4n) is 2.94. The summed E-state index contributed by atoms with van der Waals surface area (Å²) < 4.78 is 35.0. The summed E-state index contributed by atoms with van der Waals surface area (Å²) in [5.74, 6) is -0.862. The topological polar surface area (TPSA) is 70.8 Å². The Morgan fingerprint density at radius 2 is 1.24 bits per heavy atom. The van der Waals surface area contributed by atoms with Crippen molar-refractivity contribution in [2.45, 2.75) is 129 Å². The molecule has 1 aromatic carbocycles. The summed E-state index contributed by atoms with van der Waals surface area (Å²) in [6.45, 7) is 32.9. The molecular weight excluding hydrogens is 522 g/mol. The number of benzene rings is 1. The number of hydrogen-bond donors (Lipinski definition) is 0. The van der Waals surface area contributed by atoms with Crippen LogP contribution in [0.3, 0.4) is 0 Å². The van der Waals surface area contributed by atoms with Gasteiger partial charge in [0.1, 0.15) is 0 Å². The van der Waals surface area contributed by atoms with Crippen LogP contribution in [-0.2, 0) is 13.3 Å². The molecule has 0 N–H and O–H groups in total. The number of rotatable bonds is 10. The molecule has 0 radical (unpaired) electrons. The molecule has 6 nitrogen and oxygen atoms in total. The molecule has 0 spiro atoms. The third-order valence-electron chi connectivity index (χ3n) is 8.73. The van der Waals surface area contributed by atoms with E-state index in [1.165, 1.54) is 6.07 Å². The van der Waals surface area contributed by atoms with Gasteiger partial charge in [-0.1, -0.05) is 68.4 Å². The summed E-state index contributed by atoms with van der Waals surface area (Å²) in [4.78, 5) is 10.9. The Bertz CT molecular complexity index is 947. The Morgan fingerprint density at radius 3 is 1.65 bits per heavy atom. The van der Waals surface area contributed by atoms with Crippen LogP contribution in [-0.4, -0.2) is 42.6 Å². The van der Waals surface area contributed by atoms with Crippen molar-refractivity contribution in [2.24, 2.45) is 0 Å². The maximum Gasteiger partial charge on any atom is 0.305 e. The number of nitrogens with zero attached hydrogens (tertiary/aromatic N) is 1. The molecule has 0 saturated carbocycles. The highest BCUT2D eigenvalue weighted by molar-refractivity contribution is 6.75. The van der Waals surface area contributed by atoms with Crippen LogP contribution in [0.5, 0.6) is 0 Å². The minimum Gasteiger partial charge on any atom is -0.414 e. The van der Waals surface area contributed by atoms with Crippen LogP contribution in [0.15, 0.2) is 18.2 Å². The average molecular weight is 574 g/mol. The molecule has 214 valence electrons. The molecule has 0 aliphatic carbocycles. The quantitative estimate of drug-likeness (QED) is 0.158. The van der Waals surface area contributed by atoms with Gasteiger partial charge in [0.15, 0.2) is 25.0 Å². The van der Waals surface area contributed by atoms with Gasteiger partial charge in [-0.25, -0.2) is 0 Å². The van der Waals surface area contributed by atoms with Crippen LogP contribution in [0.2, 0.25) is 54.4 Å². The Balaban J connectivity index is 3.77. The van der Waals surface area contributed by atoms with Gasteiger partial charge in [0.05, 0.1) is 23.7 Å². The van der Waals surface area contributed by atoms with Crippen molar-refractivity contribution in [1.29, 1.82) is 0 Å². The highest BCUT2D eigenvalue weighted by Gasteiger charge is 2.47. The second-order valence-corrected chi connectivity index (χ2v) is 29.1. The first-order valence-electron chi connectivity index (χ1n) is 13.2. The molecule has 0 aliphatic heterocycles. The van der Waals surface area contributed by atoms with Crippen molar-refractivity contribution in [3.8, 4) is 0 Å². The van der Waals surface area contributed by atoms with E-state index in [0.29, 0.717) is 12.2 Å². The van der Waals surface area contributed by atoms with Crippen molar-refractivity contribution in [3.63, 3.8) is 0 Å². The van der Waals surface area contributed by atoms with E-state index in [4.69, 9.17) is 13.3 Å². The van der Waals surface area contributed by atoms with E-state index >= 15 is 0 Å². The Hall–Kier alpha value is -0.919. The highest BCUT2D eigenvalue weighted by atomic mass is 28.4. The van der Waals surface area contributed by atoms with E-state index in [0.717, 1.165) is 6.07 Å². The molecule has 0 saturated heterocycles. The second-order valence-electron chi connectivity index (χ2n) is 14.8. The van der Waals surface area contributed by atoms with Crippen LogP contribution in [0.4, 0.5) is 10.1 Å². The molecule has 0 unspecified atom stereocenters. The van der Waals surface area contributed by atoms with Crippen molar-refractivity contribution < 1.29 is 22.6 Å². The molecule has 0 bridgehead atoms. The molecule has 0 aliphatic rings. The predicted octanol–water partition coefficient (Wildman–Crippen LogP) is 9.21. The zero-order chi connectivity index (χ0) is 29.4. The van der Waals surface area contributed by atoms with E-state index in [-0.39, 0.29) is 15.1 Å². The molecule has 0 aromatic heterocycles. The van der Waals surface area contributed by atoms with E-state index in [2.05, 4.69) is 102 Å². The number of hydrogen-bond acceptors (Lipinski definition) is 5. The number of nitro benzene ring substituents is 1. The third kappa shape index (κ3) is 8.53. The lowest BCUT2D eigenvalue weighted by molar-refractivity contribution is -0.387. The standard InChI is InChI=1S/C27H52FNO5Si3/c1-25(2,3)35(10,11)32-19-23(33-36(12,13)26(4,5)6)24(34-37(14,15)27(7,8)9)20-16-17-21(28)22(18-20)29(30)31/h16-18,23-24H,19H2,1-15H3/t23-,24-/m1/s1. The van der Waals surface area contributed by atoms with Crippen molar-refractivity contribution in [2.75, 3.05) is 6.61 Å². The smallest absolute Gasteiger partial charge is 0.305 e. The van der Waals surface area contributed by atoms with Crippen LogP contribution < -0.4 is 0 Å². The molecule has 0 amide bonds. The van der Waals surface area contributed by atoms with Crippen LogP contribution >= 0.6 is 0 Å². The van der Waals surface area contributed by atoms with Crippen molar-refractivity contribution in [3.05, 3.63) is 39.7 Å². The zero-order valence-electron chi connectivity index (χ0n) is 26.0. The Morgan fingerprint density at radius 1 is 0.811 bits per heavy atom.